The lowest BCUT2D eigenvalue weighted by Gasteiger charge is -2.15. The molecule has 1 N–H and O–H groups in total. The summed E-state index contributed by atoms with van der Waals surface area (Å²) in [5.74, 6) is 0. The molecule has 0 saturated heterocycles. The van der Waals surface area contributed by atoms with Crippen LogP contribution in [0.2, 0.25) is 0 Å². The molecule has 3 nitrogen and oxygen atoms in total. The molecule has 1 aromatic heterocycles. The van der Waals surface area contributed by atoms with Crippen molar-refractivity contribution in [1.29, 1.82) is 0 Å². The summed E-state index contributed by atoms with van der Waals surface area (Å²) in [5.41, 5.74) is 1.42. The second-order valence-corrected chi connectivity index (χ2v) is 4.75. The van der Waals surface area contributed by atoms with Gasteiger partial charge in [0.25, 0.3) is 0 Å². The van der Waals surface area contributed by atoms with Gasteiger partial charge < -0.3 is 15.0 Å². The Morgan fingerprint density at radius 2 is 2.31 bits per heavy atom. The van der Waals surface area contributed by atoms with Gasteiger partial charge in [0.05, 0.1) is 6.61 Å². The maximum Gasteiger partial charge on any atom is 0.0587 e. The first-order chi connectivity index (χ1) is 7.83. The zero-order valence-electron chi connectivity index (χ0n) is 10.2. The maximum atomic E-state index is 4.97. The fraction of sp³-hybridized carbons (Fsp3) is 0.667. The van der Waals surface area contributed by atoms with E-state index in [4.69, 9.17) is 4.74 Å². The van der Waals surface area contributed by atoms with Crippen LogP contribution in [0, 0.1) is 0 Å². The largest absolute Gasteiger partial charge is 0.383 e. The SMILES string of the molecule is COCCNCCCN(C)Cc1ccsc1. The molecule has 0 aliphatic heterocycles. The molecule has 0 fully saturated rings. The Hall–Kier alpha value is -0.420. The molecule has 4 heteroatoms. The van der Waals surface area contributed by atoms with Gasteiger partial charge in [-0.25, -0.2) is 0 Å². The van der Waals surface area contributed by atoms with E-state index in [2.05, 4.69) is 34.1 Å². The van der Waals surface area contributed by atoms with Crippen molar-refractivity contribution in [3.05, 3.63) is 22.4 Å². The molecular formula is C12H22N2OS. The third-order valence-electron chi connectivity index (χ3n) is 2.41. The number of rotatable bonds is 9. The van der Waals surface area contributed by atoms with Crippen LogP contribution in [-0.4, -0.2) is 45.3 Å². The first kappa shape index (κ1) is 13.6. The molecule has 1 rings (SSSR count). The molecule has 0 radical (unpaired) electrons. The minimum Gasteiger partial charge on any atom is -0.383 e. The fourth-order valence-corrected chi connectivity index (χ4v) is 2.21. The van der Waals surface area contributed by atoms with Gasteiger partial charge in [-0.05, 0) is 48.9 Å². The van der Waals surface area contributed by atoms with E-state index in [1.807, 2.05) is 0 Å². The minimum atomic E-state index is 0.796. The van der Waals surface area contributed by atoms with Crippen molar-refractivity contribution in [2.45, 2.75) is 13.0 Å². The van der Waals surface area contributed by atoms with Crippen LogP contribution in [0.15, 0.2) is 16.8 Å². The molecule has 0 spiro atoms. The normalized spacial score (nSPS) is 11.2. The Morgan fingerprint density at radius 1 is 1.44 bits per heavy atom. The Kier molecular flexibility index (Phi) is 7.42. The van der Waals surface area contributed by atoms with Gasteiger partial charge in [0.2, 0.25) is 0 Å². The topological polar surface area (TPSA) is 24.5 Å². The van der Waals surface area contributed by atoms with Gasteiger partial charge in [0.15, 0.2) is 0 Å². The Morgan fingerprint density at radius 3 is 3.00 bits per heavy atom. The van der Waals surface area contributed by atoms with E-state index in [-0.39, 0.29) is 0 Å². The number of hydrogen-bond donors (Lipinski definition) is 1. The van der Waals surface area contributed by atoms with Crippen LogP contribution in [-0.2, 0) is 11.3 Å². The molecule has 0 unspecified atom stereocenters. The van der Waals surface area contributed by atoms with Crippen molar-refractivity contribution < 1.29 is 4.74 Å². The Bertz CT molecular complexity index is 252. The number of nitrogens with zero attached hydrogens (tertiary/aromatic N) is 1. The molecule has 0 bridgehead atoms. The van der Waals surface area contributed by atoms with Crippen molar-refractivity contribution in [3.63, 3.8) is 0 Å². The second-order valence-electron chi connectivity index (χ2n) is 3.97. The van der Waals surface area contributed by atoms with Gasteiger partial charge >= 0.3 is 0 Å². The van der Waals surface area contributed by atoms with Crippen molar-refractivity contribution >= 4 is 11.3 Å². The summed E-state index contributed by atoms with van der Waals surface area (Å²) < 4.78 is 4.97. The van der Waals surface area contributed by atoms with Gasteiger partial charge in [-0.2, -0.15) is 11.3 Å². The van der Waals surface area contributed by atoms with Crippen molar-refractivity contribution in [3.8, 4) is 0 Å². The van der Waals surface area contributed by atoms with E-state index in [9.17, 15) is 0 Å². The van der Waals surface area contributed by atoms with E-state index in [1.54, 1.807) is 18.4 Å². The summed E-state index contributed by atoms with van der Waals surface area (Å²) in [4.78, 5) is 2.36. The van der Waals surface area contributed by atoms with Crippen molar-refractivity contribution in [1.82, 2.24) is 10.2 Å². The third-order valence-corrected chi connectivity index (χ3v) is 3.14. The molecule has 0 atom stereocenters. The highest BCUT2D eigenvalue weighted by atomic mass is 32.1. The maximum absolute atomic E-state index is 4.97. The Balaban J connectivity index is 1.96. The van der Waals surface area contributed by atoms with E-state index < -0.39 is 0 Å². The summed E-state index contributed by atoms with van der Waals surface area (Å²) in [5, 5.41) is 7.70. The van der Waals surface area contributed by atoms with Gasteiger partial charge in [-0.3, -0.25) is 0 Å². The standard InChI is InChI=1S/C12H22N2OS/c1-14(10-12-4-9-16-11-12)7-3-5-13-6-8-15-2/h4,9,11,13H,3,5-8,10H2,1-2H3. The van der Waals surface area contributed by atoms with E-state index >= 15 is 0 Å². The van der Waals surface area contributed by atoms with Crippen LogP contribution in [0.25, 0.3) is 0 Å². The third kappa shape index (κ3) is 6.23. The molecule has 0 aliphatic rings. The van der Waals surface area contributed by atoms with Crippen LogP contribution in [0.3, 0.4) is 0 Å². The highest BCUT2D eigenvalue weighted by Gasteiger charge is 1.99. The molecule has 0 saturated carbocycles. The summed E-state index contributed by atoms with van der Waals surface area (Å²) in [6, 6.07) is 2.19. The molecule has 92 valence electrons. The minimum absolute atomic E-state index is 0.796. The summed E-state index contributed by atoms with van der Waals surface area (Å²) in [6.45, 7) is 5.00. The van der Waals surface area contributed by atoms with Crippen LogP contribution in [0.4, 0.5) is 0 Å². The molecule has 1 aromatic rings. The molecular weight excluding hydrogens is 220 g/mol. The van der Waals surface area contributed by atoms with E-state index in [0.717, 1.165) is 32.8 Å². The van der Waals surface area contributed by atoms with Gasteiger partial charge in [0, 0.05) is 20.2 Å². The summed E-state index contributed by atoms with van der Waals surface area (Å²) in [7, 11) is 3.91. The lowest BCUT2D eigenvalue weighted by Crippen LogP contribution is -2.25. The average Bonchev–Trinajstić information content (AvgIpc) is 2.76. The number of nitrogens with one attached hydrogen (secondary N) is 1. The lowest BCUT2D eigenvalue weighted by atomic mass is 10.3. The van der Waals surface area contributed by atoms with Gasteiger partial charge in [0.1, 0.15) is 0 Å². The monoisotopic (exact) mass is 242 g/mol. The first-order valence-corrected chi connectivity index (χ1v) is 6.66. The van der Waals surface area contributed by atoms with Crippen molar-refractivity contribution in [2.24, 2.45) is 0 Å². The van der Waals surface area contributed by atoms with E-state index in [1.165, 1.54) is 12.0 Å². The number of thiophene rings is 1. The smallest absolute Gasteiger partial charge is 0.0587 e. The highest BCUT2D eigenvalue weighted by molar-refractivity contribution is 7.07. The highest BCUT2D eigenvalue weighted by Crippen LogP contribution is 2.08. The van der Waals surface area contributed by atoms with Crippen LogP contribution >= 0.6 is 11.3 Å². The van der Waals surface area contributed by atoms with Crippen LogP contribution < -0.4 is 5.32 Å². The second kappa shape index (κ2) is 8.70. The molecule has 16 heavy (non-hydrogen) atoms. The quantitative estimate of drug-likeness (QED) is 0.668. The Labute approximate surface area is 102 Å². The van der Waals surface area contributed by atoms with Crippen LogP contribution in [0.1, 0.15) is 12.0 Å². The van der Waals surface area contributed by atoms with Gasteiger partial charge in [-0.1, -0.05) is 0 Å². The predicted molar refractivity (Wildman–Crippen MR) is 70.0 cm³/mol. The fourth-order valence-electron chi connectivity index (χ4n) is 1.55. The van der Waals surface area contributed by atoms with Gasteiger partial charge in [-0.15, -0.1) is 0 Å². The number of hydrogen-bond acceptors (Lipinski definition) is 4. The zero-order chi connectivity index (χ0) is 11.6. The first-order valence-electron chi connectivity index (χ1n) is 5.72. The van der Waals surface area contributed by atoms with Crippen LogP contribution in [0.5, 0.6) is 0 Å². The zero-order valence-corrected chi connectivity index (χ0v) is 11.1. The van der Waals surface area contributed by atoms with Crippen molar-refractivity contribution in [2.75, 3.05) is 40.4 Å². The van der Waals surface area contributed by atoms with E-state index in [0.29, 0.717) is 0 Å². The molecule has 1 heterocycles. The molecule has 0 aliphatic carbocycles. The average molecular weight is 242 g/mol. The molecule has 0 aromatic carbocycles. The lowest BCUT2D eigenvalue weighted by molar-refractivity contribution is 0.198. The number of methoxy groups -OCH3 is 1. The number of ether oxygens (including phenoxy) is 1. The predicted octanol–water partition coefficient (Wildman–Crippen LogP) is 1.81. The summed E-state index contributed by atoms with van der Waals surface area (Å²) >= 11 is 1.77. The summed E-state index contributed by atoms with van der Waals surface area (Å²) in [6.07, 6.45) is 1.18. The molecule has 0 amide bonds.